The number of aliphatic imine (C=N–C) groups is 1. The normalized spacial score (nSPS) is 10.9. The smallest absolute Gasteiger partial charge is 0.271 e. The van der Waals surface area contributed by atoms with Gasteiger partial charge in [0.2, 0.25) is 0 Å². The van der Waals surface area contributed by atoms with E-state index in [4.69, 9.17) is 5.26 Å². The number of nitro groups is 1. The van der Waals surface area contributed by atoms with Crippen molar-refractivity contribution >= 4 is 60.2 Å². The molecule has 0 aromatic heterocycles. The van der Waals surface area contributed by atoms with Gasteiger partial charge in [-0.05, 0) is 44.2 Å². The van der Waals surface area contributed by atoms with Crippen molar-refractivity contribution in [1.82, 2.24) is 5.32 Å². The predicted octanol–water partition coefficient (Wildman–Crippen LogP) is 3.54. The number of nitro benzene ring substituents is 1. The van der Waals surface area contributed by atoms with Crippen molar-refractivity contribution in [1.29, 1.82) is 5.26 Å². The Balaban J connectivity index is 3.24. The first-order valence-electron chi connectivity index (χ1n) is 4.40. The van der Waals surface area contributed by atoms with Crippen molar-refractivity contribution in [3.63, 3.8) is 0 Å². The minimum absolute atomic E-state index is 0.0558. The Bertz CT molecular complexity index is 556. The van der Waals surface area contributed by atoms with Crippen LogP contribution < -0.4 is 5.32 Å². The van der Waals surface area contributed by atoms with Crippen LogP contribution in [0.25, 0.3) is 0 Å². The Hall–Kier alpha value is -1.11. The van der Waals surface area contributed by atoms with E-state index in [0.717, 1.165) is 0 Å². The van der Waals surface area contributed by atoms with Crippen molar-refractivity contribution in [3.05, 3.63) is 31.2 Å². The van der Waals surface area contributed by atoms with E-state index in [0.29, 0.717) is 19.8 Å². The molecule has 0 radical (unpaired) electrons. The van der Waals surface area contributed by atoms with Crippen LogP contribution in [-0.2, 0) is 0 Å². The number of halogens is 2. The number of rotatable bonds is 2. The van der Waals surface area contributed by atoms with Gasteiger partial charge in [-0.25, -0.2) is 4.99 Å². The lowest BCUT2D eigenvalue weighted by molar-refractivity contribution is -0.385. The number of nitrogens with one attached hydrogen (secondary N) is 1. The Kier molecular flexibility index (Phi) is 5.58. The highest BCUT2D eigenvalue weighted by Crippen LogP contribution is 2.36. The fourth-order valence-corrected chi connectivity index (χ4v) is 2.27. The maximum Gasteiger partial charge on any atom is 0.284 e. The van der Waals surface area contributed by atoms with Gasteiger partial charge in [0.05, 0.1) is 19.6 Å². The fourth-order valence-electron chi connectivity index (χ4n) is 1.03. The summed E-state index contributed by atoms with van der Waals surface area (Å²) in [5, 5.41) is 22.1. The molecule has 0 saturated heterocycles. The lowest BCUT2D eigenvalue weighted by atomic mass is 10.3. The van der Waals surface area contributed by atoms with Crippen LogP contribution in [0.5, 0.6) is 0 Å². The third-order valence-electron chi connectivity index (χ3n) is 1.79. The van der Waals surface area contributed by atoms with Crippen LogP contribution in [0, 0.1) is 21.6 Å². The minimum atomic E-state index is -0.495. The molecule has 0 spiro atoms. The predicted molar refractivity (Wildman–Crippen MR) is 77.9 cm³/mol. The standard InChI is InChI=1S/C9H6Br2N4O2S/c1-18-9(13-4-12)14-7-2-6(11)8(15(16)17)3-5(7)10/h2-3H,1H3,(H,13,14). The monoisotopic (exact) mass is 392 g/mol. The first-order valence-corrected chi connectivity index (χ1v) is 7.22. The average molecular weight is 394 g/mol. The third kappa shape index (κ3) is 3.69. The van der Waals surface area contributed by atoms with Crippen molar-refractivity contribution in [2.75, 3.05) is 6.26 Å². The lowest BCUT2D eigenvalue weighted by Crippen LogP contribution is -2.12. The molecule has 1 N–H and O–H groups in total. The molecule has 0 saturated carbocycles. The van der Waals surface area contributed by atoms with Gasteiger partial charge in [-0.1, -0.05) is 11.8 Å². The van der Waals surface area contributed by atoms with Crippen molar-refractivity contribution in [2.24, 2.45) is 4.99 Å². The van der Waals surface area contributed by atoms with Gasteiger partial charge in [-0.3, -0.25) is 15.4 Å². The molecule has 6 nitrogen and oxygen atoms in total. The maximum absolute atomic E-state index is 10.7. The highest BCUT2D eigenvalue weighted by Gasteiger charge is 2.15. The molecule has 0 aliphatic rings. The second-order valence-corrected chi connectivity index (χ2v) is 5.37. The van der Waals surface area contributed by atoms with E-state index in [9.17, 15) is 10.1 Å². The summed E-state index contributed by atoms with van der Waals surface area (Å²) < 4.78 is 0.801. The Labute approximate surface area is 124 Å². The van der Waals surface area contributed by atoms with Crippen LogP contribution in [0.2, 0.25) is 0 Å². The quantitative estimate of drug-likeness (QED) is 0.207. The SMILES string of the molecule is CSC(=Nc1cc(Br)c([N+](=O)[O-])cc1Br)NC#N. The molecular formula is C9H6Br2N4O2S. The van der Waals surface area contributed by atoms with Crippen LogP contribution in [0.1, 0.15) is 0 Å². The summed E-state index contributed by atoms with van der Waals surface area (Å²) in [5.41, 5.74) is 0.430. The molecule has 0 aliphatic carbocycles. The van der Waals surface area contributed by atoms with E-state index in [1.165, 1.54) is 23.9 Å². The van der Waals surface area contributed by atoms with E-state index >= 15 is 0 Å². The molecule has 0 amide bonds. The van der Waals surface area contributed by atoms with Crippen LogP contribution in [0.3, 0.4) is 0 Å². The number of benzene rings is 1. The Morgan fingerprint density at radius 3 is 2.72 bits per heavy atom. The summed E-state index contributed by atoms with van der Waals surface area (Å²) in [5.74, 6) is 0. The molecule has 9 heteroatoms. The van der Waals surface area contributed by atoms with E-state index in [2.05, 4.69) is 42.2 Å². The van der Waals surface area contributed by atoms with Gasteiger partial charge in [0.25, 0.3) is 5.69 Å². The Morgan fingerprint density at radius 2 is 2.22 bits per heavy atom. The summed E-state index contributed by atoms with van der Waals surface area (Å²) in [6.45, 7) is 0. The lowest BCUT2D eigenvalue weighted by Gasteiger charge is -2.03. The number of nitrogens with zero attached hydrogens (tertiary/aromatic N) is 3. The van der Waals surface area contributed by atoms with Crippen molar-refractivity contribution in [2.45, 2.75) is 0 Å². The van der Waals surface area contributed by atoms with Crippen molar-refractivity contribution < 1.29 is 4.92 Å². The van der Waals surface area contributed by atoms with Gasteiger partial charge in [0.1, 0.15) is 0 Å². The van der Waals surface area contributed by atoms with Gasteiger partial charge in [0.15, 0.2) is 11.4 Å². The second kappa shape index (κ2) is 6.72. The summed E-state index contributed by atoms with van der Waals surface area (Å²) in [6.07, 6.45) is 3.53. The minimum Gasteiger partial charge on any atom is -0.271 e. The topological polar surface area (TPSA) is 91.3 Å². The average Bonchev–Trinajstić information content (AvgIpc) is 2.32. The molecule has 0 bridgehead atoms. The molecule has 94 valence electrons. The van der Waals surface area contributed by atoms with Crippen LogP contribution in [0.4, 0.5) is 11.4 Å². The van der Waals surface area contributed by atoms with E-state index < -0.39 is 4.92 Å². The zero-order valence-electron chi connectivity index (χ0n) is 8.98. The molecule has 0 heterocycles. The number of amidine groups is 1. The third-order valence-corrected chi connectivity index (χ3v) is 3.64. The van der Waals surface area contributed by atoms with E-state index in [1.807, 2.05) is 0 Å². The molecule has 0 atom stereocenters. The van der Waals surface area contributed by atoms with Gasteiger partial charge in [0, 0.05) is 6.07 Å². The zero-order chi connectivity index (χ0) is 13.7. The van der Waals surface area contributed by atoms with Gasteiger partial charge in [-0.15, -0.1) is 0 Å². The first kappa shape index (κ1) is 14.9. The molecular weight excluding hydrogens is 388 g/mol. The summed E-state index contributed by atoms with van der Waals surface area (Å²) >= 11 is 7.58. The number of nitriles is 1. The molecule has 1 aromatic carbocycles. The number of hydrogen-bond acceptors (Lipinski definition) is 5. The van der Waals surface area contributed by atoms with Crippen LogP contribution in [0.15, 0.2) is 26.1 Å². The Morgan fingerprint density at radius 1 is 1.56 bits per heavy atom. The van der Waals surface area contributed by atoms with Gasteiger partial charge < -0.3 is 0 Å². The molecule has 0 aliphatic heterocycles. The summed E-state index contributed by atoms with van der Waals surface area (Å²) in [4.78, 5) is 14.4. The number of hydrogen-bond donors (Lipinski definition) is 1. The zero-order valence-corrected chi connectivity index (χ0v) is 13.0. The van der Waals surface area contributed by atoms with Crippen LogP contribution in [-0.4, -0.2) is 16.3 Å². The van der Waals surface area contributed by atoms with Gasteiger partial charge in [-0.2, -0.15) is 5.26 Å². The summed E-state index contributed by atoms with van der Waals surface area (Å²) in [6, 6.07) is 2.87. The molecule has 1 rings (SSSR count). The van der Waals surface area contributed by atoms with Crippen molar-refractivity contribution in [3.8, 4) is 6.19 Å². The molecule has 0 fully saturated rings. The first-order chi connectivity index (χ1) is 8.49. The largest absolute Gasteiger partial charge is 0.284 e. The highest BCUT2D eigenvalue weighted by molar-refractivity contribution is 9.11. The molecule has 18 heavy (non-hydrogen) atoms. The molecule has 1 aromatic rings. The number of thioether (sulfide) groups is 1. The highest BCUT2D eigenvalue weighted by atomic mass is 79.9. The molecule has 0 unspecified atom stereocenters. The summed E-state index contributed by atoms with van der Waals surface area (Å²) in [7, 11) is 0. The maximum atomic E-state index is 10.7. The fraction of sp³-hybridized carbons (Fsp3) is 0.111. The van der Waals surface area contributed by atoms with Gasteiger partial charge >= 0.3 is 0 Å². The van der Waals surface area contributed by atoms with E-state index in [-0.39, 0.29) is 5.69 Å². The van der Waals surface area contributed by atoms with E-state index in [1.54, 1.807) is 12.4 Å². The van der Waals surface area contributed by atoms with Crippen LogP contribution >= 0.6 is 43.6 Å². The second-order valence-electron chi connectivity index (χ2n) is 2.87.